The smallest absolute Gasteiger partial charge is 0.221 e. The minimum atomic E-state index is -0.0989. The number of carbonyl (C=O) groups is 1. The van der Waals surface area contributed by atoms with Crippen LogP contribution in [0.4, 0.5) is 5.69 Å². The van der Waals surface area contributed by atoms with E-state index in [1.807, 2.05) is 12.1 Å². The van der Waals surface area contributed by atoms with Crippen molar-refractivity contribution >= 4 is 11.6 Å². The number of methoxy groups -OCH3 is 1. The number of nitriles is 1. The first-order chi connectivity index (χ1) is 8.17. The molecule has 0 bridgehead atoms. The first-order valence-corrected chi connectivity index (χ1v) is 5.49. The van der Waals surface area contributed by atoms with Gasteiger partial charge in [0.1, 0.15) is 5.75 Å². The highest BCUT2D eigenvalue weighted by Crippen LogP contribution is 2.24. The van der Waals surface area contributed by atoms with Crippen LogP contribution < -0.4 is 10.1 Å². The summed E-state index contributed by atoms with van der Waals surface area (Å²) in [5, 5.41) is 11.2. The van der Waals surface area contributed by atoms with Crippen molar-refractivity contribution in [1.82, 2.24) is 0 Å². The maximum Gasteiger partial charge on any atom is 0.221 e. The number of hydrogen-bond donors (Lipinski definition) is 1. The van der Waals surface area contributed by atoms with Crippen LogP contribution in [0.25, 0.3) is 0 Å². The van der Waals surface area contributed by atoms with Gasteiger partial charge in [0.05, 0.1) is 13.2 Å². The Morgan fingerprint density at radius 1 is 1.53 bits per heavy atom. The number of rotatable bonds is 5. The highest BCUT2D eigenvalue weighted by atomic mass is 16.5. The molecule has 0 fully saturated rings. The minimum absolute atomic E-state index is 0.0989. The Hall–Kier alpha value is -2.02. The summed E-state index contributed by atoms with van der Waals surface area (Å²) in [4.78, 5) is 11.0. The van der Waals surface area contributed by atoms with Crippen molar-refractivity contribution < 1.29 is 9.53 Å². The molecule has 0 spiro atoms. The van der Waals surface area contributed by atoms with Gasteiger partial charge < -0.3 is 10.1 Å². The fraction of sp³-hybridized carbons (Fsp3) is 0.385. The second-order valence-corrected chi connectivity index (χ2v) is 3.72. The molecule has 1 N–H and O–H groups in total. The number of nitrogens with zero attached hydrogens (tertiary/aromatic N) is 1. The summed E-state index contributed by atoms with van der Waals surface area (Å²) in [6.45, 7) is 1.47. The molecule has 0 saturated heterocycles. The van der Waals surface area contributed by atoms with E-state index >= 15 is 0 Å². The summed E-state index contributed by atoms with van der Waals surface area (Å²) in [7, 11) is 1.61. The first kappa shape index (κ1) is 13.0. The number of benzene rings is 1. The third kappa shape index (κ3) is 4.15. The molecule has 1 aromatic rings. The molecule has 0 aromatic heterocycles. The Kier molecular flexibility index (Phi) is 5.02. The number of unbranched alkanes of at least 4 members (excludes halogenated alkanes) is 1. The number of anilines is 1. The second-order valence-electron chi connectivity index (χ2n) is 3.72. The molecule has 0 unspecified atom stereocenters. The third-order valence-corrected chi connectivity index (χ3v) is 2.34. The molecular weight excluding hydrogens is 216 g/mol. The van der Waals surface area contributed by atoms with Gasteiger partial charge in [-0.05, 0) is 36.6 Å². The topological polar surface area (TPSA) is 62.1 Å². The summed E-state index contributed by atoms with van der Waals surface area (Å²) in [5.74, 6) is 0.690. The van der Waals surface area contributed by atoms with Gasteiger partial charge in [0.25, 0.3) is 0 Å². The zero-order valence-corrected chi connectivity index (χ0v) is 10.1. The van der Waals surface area contributed by atoms with E-state index in [1.165, 1.54) is 6.92 Å². The van der Waals surface area contributed by atoms with Crippen LogP contribution in [0.5, 0.6) is 5.75 Å². The van der Waals surface area contributed by atoms with Crippen molar-refractivity contribution in [3.63, 3.8) is 0 Å². The van der Waals surface area contributed by atoms with Crippen LogP contribution in [-0.4, -0.2) is 13.0 Å². The third-order valence-electron chi connectivity index (χ3n) is 2.34. The van der Waals surface area contributed by atoms with Gasteiger partial charge in [-0.15, -0.1) is 0 Å². The molecule has 0 aliphatic rings. The van der Waals surface area contributed by atoms with Crippen LogP contribution in [0.2, 0.25) is 0 Å². The Bertz CT molecular complexity index is 436. The lowest BCUT2D eigenvalue weighted by Gasteiger charge is -2.10. The summed E-state index contributed by atoms with van der Waals surface area (Å²) in [6, 6.07) is 7.62. The molecule has 0 atom stereocenters. The van der Waals surface area contributed by atoms with Crippen LogP contribution in [0.15, 0.2) is 18.2 Å². The van der Waals surface area contributed by atoms with E-state index in [2.05, 4.69) is 11.4 Å². The fourth-order valence-electron chi connectivity index (χ4n) is 1.61. The minimum Gasteiger partial charge on any atom is -0.496 e. The van der Waals surface area contributed by atoms with E-state index in [-0.39, 0.29) is 5.91 Å². The molecule has 1 rings (SSSR count). The molecule has 1 aromatic carbocycles. The lowest BCUT2D eigenvalue weighted by molar-refractivity contribution is -0.114. The fourth-order valence-corrected chi connectivity index (χ4v) is 1.61. The highest BCUT2D eigenvalue weighted by molar-refractivity contribution is 5.88. The van der Waals surface area contributed by atoms with Crippen LogP contribution in [0.1, 0.15) is 25.3 Å². The van der Waals surface area contributed by atoms with Crippen molar-refractivity contribution in [2.24, 2.45) is 0 Å². The second kappa shape index (κ2) is 6.54. The largest absolute Gasteiger partial charge is 0.496 e. The molecular formula is C13H16N2O2. The summed E-state index contributed by atoms with van der Waals surface area (Å²) >= 11 is 0. The van der Waals surface area contributed by atoms with Gasteiger partial charge in [-0.2, -0.15) is 5.26 Å². The van der Waals surface area contributed by atoms with Crippen LogP contribution in [0, 0.1) is 11.3 Å². The normalized spacial score (nSPS) is 9.47. The van der Waals surface area contributed by atoms with E-state index in [4.69, 9.17) is 10.00 Å². The van der Waals surface area contributed by atoms with Gasteiger partial charge in [-0.1, -0.05) is 0 Å². The maximum absolute atomic E-state index is 11.0. The quantitative estimate of drug-likeness (QED) is 0.793. The number of amides is 1. The van der Waals surface area contributed by atoms with Gasteiger partial charge >= 0.3 is 0 Å². The van der Waals surface area contributed by atoms with Crippen LogP contribution in [-0.2, 0) is 11.2 Å². The standard InChI is InChI=1S/C13H16N2O2/c1-10(16)15-12-6-7-13(17-2)11(9-12)5-3-4-8-14/h6-7,9H,3-5H2,1-2H3,(H,15,16). The zero-order valence-electron chi connectivity index (χ0n) is 10.1. The number of ether oxygens (including phenoxy) is 1. The van der Waals surface area contributed by atoms with Crippen molar-refractivity contribution in [3.8, 4) is 11.8 Å². The molecule has 0 aliphatic heterocycles. The average Bonchev–Trinajstić information content (AvgIpc) is 2.29. The number of hydrogen-bond acceptors (Lipinski definition) is 3. The molecule has 0 heterocycles. The van der Waals surface area contributed by atoms with Crippen molar-refractivity contribution in [1.29, 1.82) is 5.26 Å². The SMILES string of the molecule is COc1ccc(NC(C)=O)cc1CCCC#N. The van der Waals surface area contributed by atoms with Crippen molar-refractivity contribution in [2.45, 2.75) is 26.2 Å². The Morgan fingerprint density at radius 2 is 2.29 bits per heavy atom. The van der Waals surface area contributed by atoms with E-state index < -0.39 is 0 Å². The average molecular weight is 232 g/mol. The Morgan fingerprint density at radius 3 is 2.88 bits per heavy atom. The number of nitrogens with one attached hydrogen (secondary N) is 1. The number of aryl methyl sites for hydroxylation is 1. The van der Waals surface area contributed by atoms with Gasteiger partial charge in [-0.25, -0.2) is 0 Å². The van der Waals surface area contributed by atoms with E-state index in [0.29, 0.717) is 6.42 Å². The Labute approximate surface area is 101 Å². The maximum atomic E-state index is 11.0. The van der Waals surface area contributed by atoms with Crippen LogP contribution in [0.3, 0.4) is 0 Å². The van der Waals surface area contributed by atoms with E-state index in [9.17, 15) is 4.79 Å². The molecule has 1 amide bonds. The summed E-state index contributed by atoms with van der Waals surface area (Å²) in [5.41, 5.74) is 1.76. The van der Waals surface area contributed by atoms with Crippen LogP contribution >= 0.6 is 0 Å². The molecule has 0 aliphatic carbocycles. The van der Waals surface area contributed by atoms with E-state index in [0.717, 1.165) is 29.8 Å². The zero-order chi connectivity index (χ0) is 12.7. The summed E-state index contributed by atoms with van der Waals surface area (Å²) in [6.07, 6.45) is 2.08. The van der Waals surface area contributed by atoms with Gasteiger partial charge in [0, 0.05) is 19.0 Å². The van der Waals surface area contributed by atoms with Gasteiger partial charge in [0.15, 0.2) is 0 Å². The monoisotopic (exact) mass is 232 g/mol. The van der Waals surface area contributed by atoms with E-state index in [1.54, 1.807) is 13.2 Å². The molecule has 90 valence electrons. The molecule has 0 saturated carbocycles. The molecule has 0 radical (unpaired) electrons. The molecule has 4 nitrogen and oxygen atoms in total. The Balaban J connectivity index is 2.82. The lowest BCUT2D eigenvalue weighted by atomic mass is 10.1. The predicted octanol–water partition coefficient (Wildman–Crippen LogP) is 2.50. The molecule has 4 heteroatoms. The van der Waals surface area contributed by atoms with Gasteiger partial charge in [-0.3, -0.25) is 4.79 Å². The van der Waals surface area contributed by atoms with Crippen molar-refractivity contribution in [2.75, 3.05) is 12.4 Å². The first-order valence-electron chi connectivity index (χ1n) is 5.49. The number of carbonyl (C=O) groups excluding carboxylic acids is 1. The van der Waals surface area contributed by atoms with Gasteiger partial charge in [0.2, 0.25) is 5.91 Å². The highest BCUT2D eigenvalue weighted by Gasteiger charge is 2.05. The predicted molar refractivity (Wildman–Crippen MR) is 65.8 cm³/mol. The lowest BCUT2D eigenvalue weighted by Crippen LogP contribution is -2.06. The van der Waals surface area contributed by atoms with Crippen molar-refractivity contribution in [3.05, 3.63) is 23.8 Å². The molecule has 17 heavy (non-hydrogen) atoms. The summed E-state index contributed by atoms with van der Waals surface area (Å²) < 4.78 is 5.24.